The average molecular weight is 581 g/mol. The van der Waals surface area contributed by atoms with Crippen LogP contribution in [0.25, 0.3) is 0 Å². The zero-order valence-electron chi connectivity index (χ0n) is 25.4. The van der Waals surface area contributed by atoms with Crippen LogP contribution in [0.15, 0.2) is 24.3 Å². The molecule has 10 heteroatoms. The number of ether oxygens (including phenoxy) is 2. The van der Waals surface area contributed by atoms with Crippen LogP contribution in [0.5, 0.6) is 0 Å². The first-order valence-corrected chi connectivity index (χ1v) is 14.7. The second-order valence-electron chi connectivity index (χ2n) is 12.9. The molecule has 4 unspecified atom stereocenters. The Labute approximate surface area is 247 Å². The standard InChI is InChI=1S/2C16H22N2O3/c2*1-9-10(4-5-11-12(9)8-21-15(11)19)13-6-17-7-14(18-13)16(2,3)20/h2*4-5,13-14,17-18,20H,6-8H2,1-3H3. The van der Waals surface area contributed by atoms with Crippen LogP contribution in [0.4, 0.5) is 0 Å². The van der Waals surface area contributed by atoms with E-state index in [1.54, 1.807) is 0 Å². The monoisotopic (exact) mass is 580 g/mol. The van der Waals surface area contributed by atoms with E-state index in [1.807, 2.05) is 65.8 Å². The van der Waals surface area contributed by atoms with Gasteiger partial charge in [-0.15, -0.1) is 0 Å². The third-order valence-electron chi connectivity index (χ3n) is 9.07. The van der Waals surface area contributed by atoms with E-state index in [4.69, 9.17) is 9.47 Å². The van der Waals surface area contributed by atoms with E-state index < -0.39 is 11.2 Å². The number of rotatable bonds is 4. The van der Waals surface area contributed by atoms with Crippen molar-refractivity contribution in [2.24, 2.45) is 0 Å². The Hall–Kier alpha value is -2.86. The van der Waals surface area contributed by atoms with E-state index in [1.165, 1.54) is 0 Å². The largest absolute Gasteiger partial charge is 0.457 e. The third-order valence-corrected chi connectivity index (χ3v) is 9.07. The van der Waals surface area contributed by atoms with Gasteiger partial charge in [-0.05, 0) is 75.9 Å². The van der Waals surface area contributed by atoms with Gasteiger partial charge in [0.25, 0.3) is 0 Å². The summed E-state index contributed by atoms with van der Waals surface area (Å²) in [5.41, 5.74) is 6.31. The van der Waals surface area contributed by atoms with Crippen molar-refractivity contribution in [2.45, 2.75) is 90.1 Å². The number of fused-ring (bicyclic) bond motifs is 2. The summed E-state index contributed by atoms with van der Waals surface area (Å²) in [7, 11) is 0. The van der Waals surface area contributed by atoms with Crippen LogP contribution in [-0.2, 0) is 22.7 Å². The Morgan fingerprint density at radius 1 is 0.667 bits per heavy atom. The summed E-state index contributed by atoms with van der Waals surface area (Å²) in [4.78, 5) is 23.2. The number of esters is 2. The molecule has 0 amide bonds. The molecule has 6 N–H and O–H groups in total. The lowest BCUT2D eigenvalue weighted by atomic mass is 9.90. The van der Waals surface area contributed by atoms with E-state index in [0.29, 0.717) is 24.3 Å². The molecule has 0 aliphatic carbocycles. The van der Waals surface area contributed by atoms with Crippen molar-refractivity contribution < 1.29 is 29.3 Å². The number of carbonyl (C=O) groups is 2. The van der Waals surface area contributed by atoms with Gasteiger partial charge in [-0.3, -0.25) is 0 Å². The normalized spacial score (nSPS) is 25.6. The van der Waals surface area contributed by atoms with E-state index >= 15 is 0 Å². The second kappa shape index (κ2) is 11.7. The summed E-state index contributed by atoms with van der Waals surface area (Å²) in [6, 6.07) is 7.90. The Kier molecular flexibility index (Phi) is 8.50. The second-order valence-corrected chi connectivity index (χ2v) is 12.9. The van der Waals surface area contributed by atoms with Gasteiger partial charge >= 0.3 is 11.9 Å². The molecule has 0 radical (unpaired) electrons. The molecule has 0 saturated carbocycles. The Bertz CT molecular complexity index is 1260. The smallest absolute Gasteiger partial charge is 0.338 e. The molecule has 4 heterocycles. The van der Waals surface area contributed by atoms with Gasteiger partial charge in [0.2, 0.25) is 0 Å². The summed E-state index contributed by atoms with van der Waals surface area (Å²) in [6.07, 6.45) is 0. The topological polar surface area (TPSA) is 141 Å². The molecule has 2 aromatic rings. The zero-order valence-corrected chi connectivity index (χ0v) is 25.4. The van der Waals surface area contributed by atoms with Crippen molar-refractivity contribution in [3.8, 4) is 0 Å². The summed E-state index contributed by atoms with van der Waals surface area (Å²) >= 11 is 0. The molecule has 2 fully saturated rings. The Morgan fingerprint density at radius 2 is 1.05 bits per heavy atom. The minimum absolute atomic E-state index is 0.0122. The van der Waals surface area contributed by atoms with Crippen LogP contribution in [0.3, 0.4) is 0 Å². The fourth-order valence-electron chi connectivity index (χ4n) is 6.26. The summed E-state index contributed by atoms with van der Waals surface area (Å²) in [6.45, 7) is 15.2. The van der Waals surface area contributed by atoms with Crippen molar-refractivity contribution in [3.63, 3.8) is 0 Å². The first-order chi connectivity index (χ1) is 19.8. The van der Waals surface area contributed by atoms with Gasteiger partial charge in [0.1, 0.15) is 13.2 Å². The first kappa shape index (κ1) is 30.6. The van der Waals surface area contributed by atoms with Crippen LogP contribution in [-0.4, -0.2) is 71.6 Å². The maximum atomic E-state index is 11.6. The average Bonchev–Trinajstić information content (AvgIpc) is 3.52. The highest BCUT2D eigenvalue weighted by Crippen LogP contribution is 2.32. The molecular formula is C32H44N4O6. The molecule has 10 nitrogen and oxygen atoms in total. The molecule has 2 aromatic carbocycles. The summed E-state index contributed by atoms with van der Waals surface area (Å²) in [5, 5.41) is 34.2. The number of piperazine rings is 2. The summed E-state index contributed by atoms with van der Waals surface area (Å²) in [5.74, 6) is -0.465. The molecule has 4 aliphatic rings. The molecule has 4 atom stereocenters. The van der Waals surface area contributed by atoms with Crippen LogP contribution >= 0.6 is 0 Å². The van der Waals surface area contributed by atoms with Crippen molar-refractivity contribution in [1.29, 1.82) is 0 Å². The molecule has 0 spiro atoms. The van der Waals surface area contributed by atoms with Crippen molar-refractivity contribution in [2.75, 3.05) is 26.2 Å². The fourth-order valence-corrected chi connectivity index (χ4v) is 6.26. The minimum Gasteiger partial charge on any atom is -0.457 e. The van der Waals surface area contributed by atoms with E-state index in [2.05, 4.69) is 21.3 Å². The molecule has 2 saturated heterocycles. The number of cyclic esters (lactones) is 2. The van der Waals surface area contributed by atoms with Crippen molar-refractivity contribution >= 4 is 11.9 Å². The van der Waals surface area contributed by atoms with Gasteiger partial charge in [0, 0.05) is 61.5 Å². The van der Waals surface area contributed by atoms with E-state index in [-0.39, 0.29) is 36.1 Å². The van der Waals surface area contributed by atoms with E-state index in [9.17, 15) is 19.8 Å². The maximum Gasteiger partial charge on any atom is 0.338 e. The lowest BCUT2D eigenvalue weighted by Crippen LogP contribution is -2.59. The van der Waals surface area contributed by atoms with Gasteiger partial charge in [0.05, 0.1) is 22.3 Å². The molecule has 4 aliphatic heterocycles. The highest BCUT2D eigenvalue weighted by molar-refractivity contribution is 5.94. The van der Waals surface area contributed by atoms with Crippen LogP contribution in [0.1, 0.15) is 93.9 Å². The molecule has 6 rings (SSSR count). The quantitative estimate of drug-likeness (QED) is 0.298. The number of hydrogen-bond donors (Lipinski definition) is 6. The molecule has 0 aromatic heterocycles. The number of aliphatic hydroxyl groups is 2. The van der Waals surface area contributed by atoms with Gasteiger partial charge < -0.3 is 41.0 Å². The van der Waals surface area contributed by atoms with Crippen molar-refractivity contribution in [1.82, 2.24) is 21.3 Å². The van der Waals surface area contributed by atoms with Gasteiger partial charge in [-0.2, -0.15) is 0 Å². The predicted octanol–water partition coefficient (Wildman–Crippen LogP) is 2.08. The van der Waals surface area contributed by atoms with Gasteiger partial charge in [0.15, 0.2) is 0 Å². The third kappa shape index (κ3) is 6.10. The van der Waals surface area contributed by atoms with Crippen LogP contribution in [0, 0.1) is 13.8 Å². The lowest BCUT2D eigenvalue weighted by Gasteiger charge is -2.39. The van der Waals surface area contributed by atoms with Crippen LogP contribution in [0.2, 0.25) is 0 Å². The number of benzene rings is 2. The first-order valence-electron chi connectivity index (χ1n) is 14.7. The van der Waals surface area contributed by atoms with E-state index in [0.717, 1.165) is 59.6 Å². The summed E-state index contributed by atoms with van der Waals surface area (Å²) < 4.78 is 10.2. The number of carbonyl (C=O) groups excluding carboxylic acids is 2. The minimum atomic E-state index is -0.782. The highest BCUT2D eigenvalue weighted by atomic mass is 16.5. The van der Waals surface area contributed by atoms with Crippen molar-refractivity contribution in [3.05, 3.63) is 68.8 Å². The highest BCUT2D eigenvalue weighted by Gasteiger charge is 2.35. The van der Waals surface area contributed by atoms with Gasteiger partial charge in [-0.1, -0.05) is 12.1 Å². The SMILES string of the molecule is Cc1c(C2CNCC(C(C)(C)O)N2)ccc2c1COC2=O.Cc1c(C2CNCC(C(C)(C)O)N2)ccc2c1COC2=O. The number of hydrogen-bond acceptors (Lipinski definition) is 10. The lowest BCUT2D eigenvalue weighted by molar-refractivity contribution is 0.0249. The van der Waals surface area contributed by atoms with Crippen LogP contribution < -0.4 is 21.3 Å². The molecular weight excluding hydrogens is 536 g/mol. The zero-order chi connectivity index (χ0) is 30.4. The molecule has 42 heavy (non-hydrogen) atoms. The molecule has 0 bridgehead atoms. The Morgan fingerprint density at radius 3 is 1.40 bits per heavy atom. The number of nitrogens with one attached hydrogen (secondary N) is 4. The maximum absolute atomic E-state index is 11.6. The molecule has 228 valence electrons. The predicted molar refractivity (Wildman–Crippen MR) is 158 cm³/mol. The van der Waals surface area contributed by atoms with Gasteiger partial charge in [-0.25, -0.2) is 9.59 Å². The fraction of sp³-hybridized carbons (Fsp3) is 0.562. The Balaban J connectivity index is 0.000000168.